The number of carbonyl (C=O) groups is 1. The first-order chi connectivity index (χ1) is 9.54. The summed E-state index contributed by atoms with van der Waals surface area (Å²) in [5, 5.41) is 0. The van der Waals surface area contributed by atoms with Crippen molar-refractivity contribution in [2.45, 2.75) is 26.4 Å². The quantitative estimate of drug-likeness (QED) is 0.581. The predicted octanol–water partition coefficient (Wildman–Crippen LogP) is 1.67. The Morgan fingerprint density at radius 3 is 2.70 bits per heavy atom. The van der Waals surface area contributed by atoms with Crippen molar-refractivity contribution in [3.05, 3.63) is 29.8 Å². The number of amides is 1. The summed E-state index contributed by atoms with van der Waals surface area (Å²) in [4.78, 5) is 13.9. The minimum Gasteiger partial charge on any atom is -0.399 e. The molecule has 5 nitrogen and oxygen atoms in total. The minimum atomic E-state index is -0.0291. The number of hydrogen-bond donors (Lipinski definition) is 1. The Balaban J connectivity index is 2.57. The zero-order chi connectivity index (χ0) is 15.0. The standard InChI is InChI=1S/C15H24N2O3/c1-12(2)17(15(18)11-20-8-7-19-3)10-13-5-4-6-14(16)9-13/h4-6,9,12H,7-8,10-11,16H2,1-3H3. The molecule has 20 heavy (non-hydrogen) atoms. The van der Waals surface area contributed by atoms with Crippen molar-refractivity contribution >= 4 is 11.6 Å². The van der Waals surface area contributed by atoms with Crippen molar-refractivity contribution in [2.75, 3.05) is 32.7 Å². The minimum absolute atomic E-state index is 0.0291. The monoisotopic (exact) mass is 280 g/mol. The SMILES string of the molecule is COCCOCC(=O)N(Cc1cccc(N)c1)C(C)C. The molecule has 1 aromatic rings. The smallest absolute Gasteiger partial charge is 0.249 e. The van der Waals surface area contributed by atoms with Gasteiger partial charge in [0.15, 0.2) is 0 Å². The number of benzene rings is 1. The first kappa shape index (κ1) is 16.5. The maximum Gasteiger partial charge on any atom is 0.249 e. The highest BCUT2D eigenvalue weighted by molar-refractivity contribution is 5.77. The molecular weight excluding hydrogens is 256 g/mol. The molecule has 0 fully saturated rings. The van der Waals surface area contributed by atoms with Crippen molar-refractivity contribution in [1.29, 1.82) is 0 Å². The van der Waals surface area contributed by atoms with Crippen molar-refractivity contribution < 1.29 is 14.3 Å². The number of nitrogens with two attached hydrogens (primary N) is 1. The predicted molar refractivity (Wildman–Crippen MR) is 79.2 cm³/mol. The van der Waals surface area contributed by atoms with Crippen LogP contribution in [0.15, 0.2) is 24.3 Å². The van der Waals surface area contributed by atoms with Gasteiger partial charge in [0.25, 0.3) is 0 Å². The maximum absolute atomic E-state index is 12.2. The van der Waals surface area contributed by atoms with Gasteiger partial charge in [-0.3, -0.25) is 4.79 Å². The number of carbonyl (C=O) groups excluding carboxylic acids is 1. The molecule has 0 aliphatic carbocycles. The van der Waals surface area contributed by atoms with Gasteiger partial charge in [-0.1, -0.05) is 12.1 Å². The van der Waals surface area contributed by atoms with Crippen LogP contribution in [0.4, 0.5) is 5.69 Å². The maximum atomic E-state index is 12.2. The van der Waals surface area contributed by atoms with Crippen LogP contribution in [0.5, 0.6) is 0 Å². The number of methoxy groups -OCH3 is 1. The Kier molecular flexibility index (Phi) is 7.04. The number of nitrogen functional groups attached to an aromatic ring is 1. The molecule has 1 rings (SSSR count). The molecule has 0 spiro atoms. The van der Waals surface area contributed by atoms with E-state index in [2.05, 4.69) is 0 Å². The lowest BCUT2D eigenvalue weighted by molar-refractivity contribution is -0.139. The summed E-state index contributed by atoms with van der Waals surface area (Å²) in [5.74, 6) is -0.0291. The van der Waals surface area contributed by atoms with E-state index < -0.39 is 0 Å². The van der Waals surface area contributed by atoms with Crippen LogP contribution in [0.1, 0.15) is 19.4 Å². The van der Waals surface area contributed by atoms with Crippen LogP contribution in [0.25, 0.3) is 0 Å². The lowest BCUT2D eigenvalue weighted by Gasteiger charge is -2.27. The third-order valence-corrected chi connectivity index (χ3v) is 2.90. The first-order valence-electron chi connectivity index (χ1n) is 6.75. The molecule has 0 aromatic heterocycles. The number of hydrogen-bond acceptors (Lipinski definition) is 4. The summed E-state index contributed by atoms with van der Waals surface area (Å²) < 4.78 is 10.2. The molecule has 5 heteroatoms. The highest BCUT2D eigenvalue weighted by Crippen LogP contribution is 2.12. The van der Waals surface area contributed by atoms with Crippen LogP contribution < -0.4 is 5.73 Å². The van der Waals surface area contributed by atoms with Crippen LogP contribution in [-0.4, -0.2) is 43.8 Å². The second kappa shape index (κ2) is 8.55. The summed E-state index contributed by atoms with van der Waals surface area (Å²) in [6, 6.07) is 7.68. The lowest BCUT2D eigenvalue weighted by Crippen LogP contribution is -2.39. The average molecular weight is 280 g/mol. The van der Waals surface area contributed by atoms with Crippen LogP contribution in [-0.2, 0) is 20.8 Å². The normalized spacial score (nSPS) is 10.8. The van der Waals surface area contributed by atoms with E-state index in [1.165, 1.54) is 0 Å². The van der Waals surface area contributed by atoms with Crippen molar-refractivity contribution in [2.24, 2.45) is 0 Å². The Morgan fingerprint density at radius 2 is 2.10 bits per heavy atom. The second-order valence-corrected chi connectivity index (χ2v) is 4.91. The zero-order valence-corrected chi connectivity index (χ0v) is 12.5. The highest BCUT2D eigenvalue weighted by atomic mass is 16.5. The van der Waals surface area contributed by atoms with Crippen LogP contribution in [0, 0.1) is 0 Å². The Bertz CT molecular complexity index is 421. The Morgan fingerprint density at radius 1 is 1.35 bits per heavy atom. The van der Waals surface area contributed by atoms with Gasteiger partial charge < -0.3 is 20.1 Å². The summed E-state index contributed by atoms with van der Waals surface area (Å²) in [6.07, 6.45) is 0. The molecule has 112 valence electrons. The lowest BCUT2D eigenvalue weighted by atomic mass is 10.1. The van der Waals surface area contributed by atoms with Gasteiger partial charge in [0, 0.05) is 25.4 Å². The van der Waals surface area contributed by atoms with Crippen LogP contribution >= 0.6 is 0 Å². The Labute approximate surface area is 120 Å². The number of rotatable bonds is 8. The third kappa shape index (κ3) is 5.59. The molecule has 1 amide bonds. The molecule has 0 heterocycles. The molecule has 0 bridgehead atoms. The summed E-state index contributed by atoms with van der Waals surface area (Å²) >= 11 is 0. The molecular formula is C15H24N2O3. The van der Waals surface area contributed by atoms with Crippen LogP contribution in [0.3, 0.4) is 0 Å². The number of anilines is 1. The molecule has 0 atom stereocenters. The largest absolute Gasteiger partial charge is 0.399 e. The molecule has 0 aliphatic rings. The topological polar surface area (TPSA) is 64.8 Å². The third-order valence-electron chi connectivity index (χ3n) is 2.90. The van der Waals surface area contributed by atoms with Crippen molar-refractivity contribution in [3.63, 3.8) is 0 Å². The summed E-state index contributed by atoms with van der Waals surface area (Å²) in [6.45, 7) is 5.49. The van der Waals surface area contributed by atoms with E-state index in [1.807, 2.05) is 38.1 Å². The molecule has 0 radical (unpaired) electrons. The van der Waals surface area contributed by atoms with Crippen molar-refractivity contribution in [3.8, 4) is 0 Å². The second-order valence-electron chi connectivity index (χ2n) is 4.91. The highest BCUT2D eigenvalue weighted by Gasteiger charge is 2.17. The Hall–Kier alpha value is -1.59. The molecule has 2 N–H and O–H groups in total. The van der Waals surface area contributed by atoms with Gasteiger partial charge in [-0.2, -0.15) is 0 Å². The van der Waals surface area contributed by atoms with E-state index in [9.17, 15) is 4.79 Å². The van der Waals surface area contributed by atoms with Gasteiger partial charge in [0.2, 0.25) is 5.91 Å². The van der Waals surface area contributed by atoms with E-state index >= 15 is 0 Å². The van der Waals surface area contributed by atoms with Crippen molar-refractivity contribution in [1.82, 2.24) is 4.90 Å². The molecule has 0 aliphatic heterocycles. The van der Waals surface area contributed by atoms with Gasteiger partial charge in [-0.25, -0.2) is 0 Å². The van der Waals surface area contributed by atoms with E-state index in [0.717, 1.165) is 5.56 Å². The summed E-state index contributed by atoms with van der Waals surface area (Å²) in [7, 11) is 1.60. The fourth-order valence-corrected chi connectivity index (χ4v) is 1.83. The van der Waals surface area contributed by atoms with Crippen LogP contribution in [0.2, 0.25) is 0 Å². The van der Waals surface area contributed by atoms with E-state index in [-0.39, 0.29) is 18.6 Å². The zero-order valence-electron chi connectivity index (χ0n) is 12.5. The number of ether oxygens (including phenoxy) is 2. The fraction of sp³-hybridized carbons (Fsp3) is 0.533. The van der Waals surface area contributed by atoms with E-state index in [1.54, 1.807) is 12.0 Å². The van der Waals surface area contributed by atoms with E-state index in [4.69, 9.17) is 15.2 Å². The molecule has 0 saturated heterocycles. The fourth-order valence-electron chi connectivity index (χ4n) is 1.83. The average Bonchev–Trinajstić information content (AvgIpc) is 2.40. The van der Waals surface area contributed by atoms with Gasteiger partial charge in [0.05, 0.1) is 13.2 Å². The molecule has 0 unspecified atom stereocenters. The van der Waals surface area contributed by atoms with E-state index in [0.29, 0.717) is 25.4 Å². The van der Waals surface area contributed by atoms with Gasteiger partial charge in [-0.05, 0) is 31.5 Å². The summed E-state index contributed by atoms with van der Waals surface area (Å²) in [5.41, 5.74) is 7.48. The van der Waals surface area contributed by atoms with Gasteiger partial charge in [-0.15, -0.1) is 0 Å². The molecule has 0 saturated carbocycles. The van der Waals surface area contributed by atoms with Gasteiger partial charge >= 0.3 is 0 Å². The number of nitrogens with zero attached hydrogens (tertiary/aromatic N) is 1. The first-order valence-corrected chi connectivity index (χ1v) is 6.75. The molecule has 1 aromatic carbocycles. The van der Waals surface area contributed by atoms with Gasteiger partial charge in [0.1, 0.15) is 6.61 Å².